The van der Waals surface area contributed by atoms with E-state index < -0.39 is 0 Å². The van der Waals surface area contributed by atoms with Crippen molar-refractivity contribution in [3.8, 4) is 56.4 Å². The molecule has 0 saturated carbocycles. The minimum atomic E-state index is 0.779. The van der Waals surface area contributed by atoms with Crippen molar-refractivity contribution < 1.29 is 9.47 Å². The Kier molecular flexibility index (Phi) is 4.82. The molecule has 8 rings (SSSR count). The maximum atomic E-state index is 6.63. The zero-order valence-corrected chi connectivity index (χ0v) is 21.0. The molecule has 0 radical (unpaired) electrons. The number of hydrogen-bond donors (Lipinski definition) is 0. The normalized spacial score (nSPS) is 12.5. The van der Waals surface area contributed by atoms with Crippen LogP contribution in [0.5, 0.6) is 23.0 Å². The molecule has 0 aromatic heterocycles. The number of benzene rings is 6. The Hall–Kier alpha value is -5.28. The Labute approximate surface area is 227 Å². The third-order valence-corrected chi connectivity index (χ3v) is 7.43. The predicted molar refractivity (Wildman–Crippen MR) is 158 cm³/mol. The summed E-state index contributed by atoms with van der Waals surface area (Å²) in [6.07, 6.45) is 0. The monoisotopic (exact) mass is 501 g/mol. The Morgan fingerprint density at radius 3 is 1.15 bits per heavy atom. The van der Waals surface area contributed by atoms with Crippen LogP contribution in [0.2, 0.25) is 0 Å². The predicted octanol–water partition coefficient (Wildman–Crippen LogP) is 10.4. The van der Waals surface area contributed by atoms with Crippen molar-refractivity contribution in [2.24, 2.45) is 0 Å². The van der Waals surface area contributed by atoms with Gasteiger partial charge in [0, 0.05) is 0 Å². The van der Waals surface area contributed by atoms with E-state index in [-0.39, 0.29) is 0 Å². The number of ether oxygens (including phenoxy) is 2. The van der Waals surface area contributed by atoms with Crippen molar-refractivity contribution in [3.05, 3.63) is 140 Å². The molecule has 0 saturated heterocycles. The Bertz CT molecular complexity index is 1730. The molecule has 184 valence electrons. The molecule has 0 fully saturated rings. The number of nitrogens with zero attached hydrogens (tertiary/aromatic N) is 1. The summed E-state index contributed by atoms with van der Waals surface area (Å²) in [5, 5.41) is 0. The summed E-state index contributed by atoms with van der Waals surface area (Å²) in [5.74, 6) is 3.20. The highest BCUT2D eigenvalue weighted by Crippen LogP contribution is 2.61. The molecule has 2 heterocycles. The van der Waals surface area contributed by atoms with Gasteiger partial charge in [0.1, 0.15) is 5.69 Å². The smallest absolute Gasteiger partial charge is 0.156 e. The first-order valence-corrected chi connectivity index (χ1v) is 13.1. The molecule has 6 aromatic rings. The van der Waals surface area contributed by atoms with Crippen LogP contribution >= 0.6 is 0 Å². The third kappa shape index (κ3) is 3.59. The maximum absolute atomic E-state index is 6.63. The summed E-state index contributed by atoms with van der Waals surface area (Å²) >= 11 is 0. The number of rotatable bonds is 3. The lowest BCUT2D eigenvalue weighted by Crippen LogP contribution is -2.20. The molecule has 0 amide bonds. The van der Waals surface area contributed by atoms with Gasteiger partial charge >= 0.3 is 0 Å². The van der Waals surface area contributed by atoms with Gasteiger partial charge in [-0.25, -0.2) is 0 Å². The van der Waals surface area contributed by atoms with Gasteiger partial charge in [-0.15, -0.1) is 0 Å². The standard InChI is InChI=1S/C36H23NO2/c1-4-10-24(11-5-1)27-16-18-30-32(20-27)38-34-22-29(26-14-8-3-9-15-26)23-35-36(34)37(30)31-19-17-28(21-33(31)39-35)25-12-6-2-7-13-25/h1-23H. The molecule has 0 spiro atoms. The van der Waals surface area contributed by atoms with Crippen LogP contribution in [-0.4, -0.2) is 0 Å². The molecule has 6 aromatic carbocycles. The van der Waals surface area contributed by atoms with Gasteiger partial charge < -0.3 is 9.47 Å². The van der Waals surface area contributed by atoms with E-state index in [0.29, 0.717) is 0 Å². The second kappa shape index (κ2) is 8.64. The second-order valence-electron chi connectivity index (χ2n) is 9.82. The molecule has 3 heteroatoms. The zero-order chi connectivity index (χ0) is 25.8. The topological polar surface area (TPSA) is 21.7 Å². The van der Waals surface area contributed by atoms with Crippen molar-refractivity contribution in [1.82, 2.24) is 0 Å². The lowest BCUT2D eigenvalue weighted by atomic mass is 9.98. The molecule has 2 aliphatic rings. The van der Waals surface area contributed by atoms with Crippen LogP contribution in [-0.2, 0) is 0 Å². The Morgan fingerprint density at radius 2 is 0.718 bits per heavy atom. The van der Waals surface area contributed by atoms with Crippen molar-refractivity contribution in [2.45, 2.75) is 0 Å². The first-order valence-electron chi connectivity index (χ1n) is 13.1. The highest BCUT2D eigenvalue weighted by Gasteiger charge is 2.35. The average Bonchev–Trinajstić information content (AvgIpc) is 3.01. The maximum Gasteiger partial charge on any atom is 0.156 e. The molecule has 0 atom stereocenters. The van der Waals surface area contributed by atoms with E-state index in [1.54, 1.807) is 0 Å². The van der Waals surface area contributed by atoms with Gasteiger partial charge in [-0.05, 0) is 69.8 Å². The summed E-state index contributed by atoms with van der Waals surface area (Å²) in [4.78, 5) is 2.28. The van der Waals surface area contributed by atoms with Crippen LogP contribution in [0, 0.1) is 0 Å². The van der Waals surface area contributed by atoms with Crippen molar-refractivity contribution in [3.63, 3.8) is 0 Å². The lowest BCUT2D eigenvalue weighted by Gasteiger charge is -2.38. The van der Waals surface area contributed by atoms with Gasteiger partial charge in [0.25, 0.3) is 0 Å². The van der Waals surface area contributed by atoms with Crippen molar-refractivity contribution >= 4 is 17.1 Å². The molecule has 2 aliphatic heterocycles. The minimum Gasteiger partial charge on any atom is -0.453 e. The molecule has 0 N–H and O–H groups in total. The molecular weight excluding hydrogens is 478 g/mol. The van der Waals surface area contributed by atoms with Crippen LogP contribution in [0.4, 0.5) is 17.1 Å². The van der Waals surface area contributed by atoms with Gasteiger partial charge in [-0.3, -0.25) is 4.90 Å². The fraction of sp³-hybridized carbons (Fsp3) is 0. The summed E-state index contributed by atoms with van der Waals surface area (Å²) in [5.41, 5.74) is 9.62. The second-order valence-corrected chi connectivity index (χ2v) is 9.82. The van der Waals surface area contributed by atoms with E-state index in [9.17, 15) is 0 Å². The van der Waals surface area contributed by atoms with E-state index in [1.165, 1.54) is 0 Å². The summed E-state index contributed by atoms with van der Waals surface area (Å²) in [6.45, 7) is 0. The quantitative estimate of drug-likeness (QED) is 0.240. The van der Waals surface area contributed by atoms with Gasteiger partial charge in [0.2, 0.25) is 0 Å². The highest BCUT2D eigenvalue weighted by atomic mass is 16.5. The Morgan fingerprint density at radius 1 is 0.333 bits per heavy atom. The van der Waals surface area contributed by atoms with Crippen LogP contribution in [0.3, 0.4) is 0 Å². The first kappa shape index (κ1) is 21.8. The van der Waals surface area contributed by atoms with E-state index in [4.69, 9.17) is 9.47 Å². The fourth-order valence-corrected chi connectivity index (χ4v) is 5.54. The van der Waals surface area contributed by atoms with Gasteiger partial charge in [0.05, 0.1) is 11.4 Å². The average molecular weight is 502 g/mol. The summed E-state index contributed by atoms with van der Waals surface area (Å²) in [7, 11) is 0. The molecular formula is C36H23NO2. The van der Waals surface area contributed by atoms with Gasteiger partial charge in [-0.1, -0.05) is 103 Å². The molecule has 39 heavy (non-hydrogen) atoms. The van der Waals surface area contributed by atoms with E-state index >= 15 is 0 Å². The number of hydrogen-bond acceptors (Lipinski definition) is 3. The molecule has 0 unspecified atom stereocenters. The van der Waals surface area contributed by atoms with Crippen molar-refractivity contribution in [1.29, 1.82) is 0 Å². The summed E-state index contributed by atoms with van der Waals surface area (Å²) in [6, 6.07) is 48.3. The number of anilines is 3. The first-order chi connectivity index (χ1) is 19.3. The fourth-order valence-electron chi connectivity index (χ4n) is 5.54. The van der Waals surface area contributed by atoms with Gasteiger partial charge in [0.15, 0.2) is 23.0 Å². The van der Waals surface area contributed by atoms with E-state index in [0.717, 1.165) is 73.4 Å². The zero-order valence-electron chi connectivity index (χ0n) is 21.0. The van der Waals surface area contributed by atoms with Crippen LogP contribution in [0.25, 0.3) is 33.4 Å². The van der Waals surface area contributed by atoms with Crippen LogP contribution < -0.4 is 14.4 Å². The number of fused-ring (bicyclic) bond motifs is 4. The Balaban J connectivity index is 1.33. The SMILES string of the molecule is c1ccc(-c2ccc3c(c2)Oc2cc(-c4ccccc4)cc4c2N3c2ccc(-c3ccccc3)cc2O4)cc1. The third-order valence-electron chi connectivity index (χ3n) is 7.43. The molecule has 3 nitrogen and oxygen atoms in total. The van der Waals surface area contributed by atoms with E-state index in [1.807, 2.05) is 18.2 Å². The highest BCUT2D eigenvalue weighted by molar-refractivity contribution is 5.96. The lowest BCUT2D eigenvalue weighted by molar-refractivity contribution is 0.446. The summed E-state index contributed by atoms with van der Waals surface area (Å²) < 4.78 is 13.3. The minimum absolute atomic E-state index is 0.779. The van der Waals surface area contributed by atoms with Crippen molar-refractivity contribution in [2.75, 3.05) is 4.90 Å². The van der Waals surface area contributed by atoms with E-state index in [2.05, 4.69) is 126 Å². The van der Waals surface area contributed by atoms with Crippen LogP contribution in [0.15, 0.2) is 140 Å². The molecule has 0 bridgehead atoms. The van der Waals surface area contributed by atoms with Gasteiger partial charge in [-0.2, -0.15) is 0 Å². The molecule has 0 aliphatic carbocycles. The van der Waals surface area contributed by atoms with Crippen LogP contribution in [0.1, 0.15) is 0 Å². The largest absolute Gasteiger partial charge is 0.453 e.